The molecule has 36 heavy (non-hydrogen) atoms. The number of carbonyl (C=O) groups excluding carboxylic acids is 2. The molecule has 0 aromatic heterocycles. The van der Waals surface area contributed by atoms with E-state index in [4.69, 9.17) is 9.47 Å². The number of thioether (sulfide) groups is 1. The summed E-state index contributed by atoms with van der Waals surface area (Å²) >= 11 is 1.38. The van der Waals surface area contributed by atoms with Gasteiger partial charge in [-0.25, -0.2) is 4.39 Å². The van der Waals surface area contributed by atoms with Gasteiger partial charge in [-0.05, 0) is 42.3 Å². The Morgan fingerprint density at radius 1 is 1.06 bits per heavy atom. The van der Waals surface area contributed by atoms with Crippen LogP contribution < -0.4 is 19.7 Å². The van der Waals surface area contributed by atoms with Gasteiger partial charge in [0.05, 0.1) is 32.4 Å². The second-order valence-corrected chi connectivity index (χ2v) is 9.72. The molecule has 0 aliphatic carbocycles. The first-order valence-corrected chi connectivity index (χ1v) is 12.6. The van der Waals surface area contributed by atoms with E-state index in [9.17, 15) is 14.0 Å². The number of hydrogen-bond acceptors (Lipinski definition) is 5. The van der Waals surface area contributed by atoms with Crippen molar-refractivity contribution >= 4 is 29.3 Å². The molecule has 2 amide bonds. The number of methoxy groups -OCH3 is 2. The van der Waals surface area contributed by atoms with E-state index in [2.05, 4.69) is 5.32 Å². The number of nitrogens with zero attached hydrogens (tertiary/aromatic N) is 1. The molecule has 188 valence electrons. The molecule has 0 saturated carbocycles. The molecule has 8 heteroatoms. The highest BCUT2D eigenvalue weighted by atomic mass is 32.2. The lowest BCUT2D eigenvalue weighted by Crippen LogP contribution is -2.47. The van der Waals surface area contributed by atoms with Crippen LogP contribution in [0, 0.1) is 11.7 Å². The van der Waals surface area contributed by atoms with Gasteiger partial charge >= 0.3 is 0 Å². The Hall–Kier alpha value is -3.52. The van der Waals surface area contributed by atoms with E-state index in [0.717, 1.165) is 16.1 Å². The average Bonchev–Trinajstić information content (AvgIpc) is 2.90. The van der Waals surface area contributed by atoms with Gasteiger partial charge < -0.3 is 19.7 Å². The summed E-state index contributed by atoms with van der Waals surface area (Å²) < 4.78 is 25.0. The fourth-order valence-corrected chi connectivity index (χ4v) is 5.47. The summed E-state index contributed by atoms with van der Waals surface area (Å²) in [4.78, 5) is 29.1. The van der Waals surface area contributed by atoms with Crippen LogP contribution in [0.4, 0.5) is 10.1 Å². The van der Waals surface area contributed by atoms with Crippen LogP contribution >= 0.6 is 11.8 Å². The van der Waals surface area contributed by atoms with Gasteiger partial charge in [-0.15, -0.1) is 11.8 Å². The summed E-state index contributed by atoms with van der Waals surface area (Å²) in [5.41, 5.74) is 2.15. The lowest BCUT2D eigenvalue weighted by Gasteiger charge is -2.35. The molecule has 0 unspecified atom stereocenters. The van der Waals surface area contributed by atoms with Gasteiger partial charge in [0.15, 0.2) is 11.5 Å². The van der Waals surface area contributed by atoms with Crippen molar-refractivity contribution in [3.63, 3.8) is 0 Å². The van der Waals surface area contributed by atoms with E-state index in [-0.39, 0.29) is 24.2 Å². The number of para-hydroxylation sites is 1. The van der Waals surface area contributed by atoms with Crippen LogP contribution in [0.15, 0.2) is 71.6 Å². The lowest BCUT2D eigenvalue weighted by molar-refractivity contribution is -0.128. The molecule has 1 aliphatic rings. The number of rotatable bonds is 9. The van der Waals surface area contributed by atoms with Gasteiger partial charge in [0.2, 0.25) is 11.8 Å². The number of hydrogen-bond donors (Lipinski definition) is 1. The van der Waals surface area contributed by atoms with E-state index < -0.39 is 11.2 Å². The van der Waals surface area contributed by atoms with Gasteiger partial charge in [0.1, 0.15) is 11.1 Å². The molecule has 0 saturated heterocycles. The van der Waals surface area contributed by atoms with E-state index in [1.165, 1.54) is 17.8 Å². The van der Waals surface area contributed by atoms with E-state index in [0.29, 0.717) is 30.0 Å². The Kier molecular flexibility index (Phi) is 8.15. The van der Waals surface area contributed by atoms with Crippen molar-refractivity contribution in [3.05, 3.63) is 83.7 Å². The van der Waals surface area contributed by atoms with Gasteiger partial charge in [-0.2, -0.15) is 0 Å². The maximum Gasteiger partial charge on any atom is 0.241 e. The standard InChI is InChI=1S/C28H29FN2O4S/c1-18(27(32)30-15-14-19-12-13-23(34-2)24(16-19)35-3)26-28(33)31(17-20-8-4-5-9-21(20)29)22-10-6-7-11-25(22)36-26/h4-13,16,18,26H,14-15,17H2,1-3H3,(H,30,32)/t18-,26-/m1/s1. The Labute approximate surface area is 214 Å². The molecular formula is C28H29FN2O4S. The zero-order valence-electron chi connectivity index (χ0n) is 20.5. The predicted molar refractivity (Wildman–Crippen MR) is 139 cm³/mol. The minimum absolute atomic E-state index is 0.104. The van der Waals surface area contributed by atoms with Crippen molar-refractivity contribution in [3.8, 4) is 11.5 Å². The number of fused-ring (bicyclic) bond motifs is 1. The minimum Gasteiger partial charge on any atom is -0.493 e. The van der Waals surface area contributed by atoms with E-state index in [1.54, 1.807) is 44.2 Å². The SMILES string of the molecule is COc1ccc(CCNC(=O)[C@H](C)[C@H]2Sc3ccccc3N(Cc3ccccc3F)C2=O)cc1OC. The summed E-state index contributed by atoms with van der Waals surface area (Å²) in [7, 11) is 3.16. The first-order valence-electron chi connectivity index (χ1n) is 11.7. The fraction of sp³-hybridized carbons (Fsp3) is 0.286. The normalized spacial score (nSPS) is 15.7. The summed E-state index contributed by atoms with van der Waals surface area (Å²) in [6.45, 7) is 2.28. The van der Waals surface area contributed by atoms with Crippen LogP contribution in [0.3, 0.4) is 0 Å². The molecule has 0 fully saturated rings. The number of benzene rings is 3. The zero-order chi connectivity index (χ0) is 25.7. The molecule has 0 spiro atoms. The van der Waals surface area contributed by atoms with E-state index >= 15 is 0 Å². The second kappa shape index (κ2) is 11.5. The largest absolute Gasteiger partial charge is 0.493 e. The molecule has 2 atom stereocenters. The summed E-state index contributed by atoms with van der Waals surface area (Å²) in [6, 6.07) is 19.6. The van der Waals surface area contributed by atoms with Crippen molar-refractivity contribution in [2.24, 2.45) is 5.92 Å². The molecule has 3 aromatic rings. The smallest absolute Gasteiger partial charge is 0.241 e. The molecule has 0 radical (unpaired) electrons. The van der Waals surface area contributed by atoms with Crippen LogP contribution in [0.2, 0.25) is 0 Å². The third kappa shape index (κ3) is 5.49. The van der Waals surface area contributed by atoms with Crippen molar-refractivity contribution in [1.82, 2.24) is 5.32 Å². The molecule has 1 aliphatic heterocycles. The third-order valence-electron chi connectivity index (χ3n) is 6.23. The Bertz CT molecular complexity index is 1250. The maximum absolute atomic E-state index is 14.4. The second-order valence-electron chi connectivity index (χ2n) is 8.54. The highest BCUT2D eigenvalue weighted by Gasteiger charge is 2.39. The van der Waals surface area contributed by atoms with Gasteiger partial charge in [0.25, 0.3) is 0 Å². The average molecular weight is 509 g/mol. The number of anilines is 1. The minimum atomic E-state index is -0.618. The number of halogens is 1. The number of carbonyl (C=O) groups is 2. The Balaban J connectivity index is 1.45. The molecule has 0 bridgehead atoms. The quantitative estimate of drug-likeness (QED) is 0.448. The lowest BCUT2D eigenvalue weighted by atomic mass is 10.0. The van der Waals surface area contributed by atoms with Crippen LogP contribution in [0.1, 0.15) is 18.1 Å². The van der Waals surface area contributed by atoms with Crippen LogP contribution in [0.25, 0.3) is 0 Å². The third-order valence-corrected chi connectivity index (χ3v) is 7.70. The van der Waals surface area contributed by atoms with E-state index in [1.807, 2.05) is 42.5 Å². The maximum atomic E-state index is 14.4. The Morgan fingerprint density at radius 2 is 1.78 bits per heavy atom. The first-order chi connectivity index (χ1) is 17.4. The monoisotopic (exact) mass is 508 g/mol. The van der Waals surface area contributed by atoms with Crippen molar-refractivity contribution < 1.29 is 23.5 Å². The molecule has 6 nitrogen and oxygen atoms in total. The molecular weight excluding hydrogens is 479 g/mol. The van der Waals surface area contributed by atoms with Crippen LogP contribution in [-0.4, -0.2) is 37.8 Å². The molecule has 1 heterocycles. The first kappa shape index (κ1) is 25.6. The van der Waals surface area contributed by atoms with Crippen molar-refractivity contribution in [2.75, 3.05) is 25.7 Å². The highest BCUT2D eigenvalue weighted by Crippen LogP contribution is 2.42. The highest BCUT2D eigenvalue weighted by molar-refractivity contribution is 8.01. The number of amides is 2. The summed E-state index contributed by atoms with van der Waals surface area (Å²) in [6.07, 6.45) is 0.604. The van der Waals surface area contributed by atoms with Crippen molar-refractivity contribution in [2.45, 2.75) is 30.0 Å². The number of nitrogens with one attached hydrogen (secondary N) is 1. The molecule has 3 aromatic carbocycles. The van der Waals surface area contributed by atoms with Crippen molar-refractivity contribution in [1.29, 1.82) is 0 Å². The van der Waals surface area contributed by atoms with Crippen LogP contribution in [-0.2, 0) is 22.6 Å². The fourth-order valence-electron chi connectivity index (χ4n) is 4.18. The van der Waals surface area contributed by atoms with Gasteiger partial charge in [-0.1, -0.05) is 43.3 Å². The summed E-state index contributed by atoms with van der Waals surface area (Å²) in [5.74, 6) is -0.0709. The molecule has 1 N–H and O–H groups in total. The van der Waals surface area contributed by atoms with Gasteiger partial charge in [-0.3, -0.25) is 9.59 Å². The molecule has 4 rings (SSSR count). The zero-order valence-corrected chi connectivity index (χ0v) is 21.3. The van der Waals surface area contributed by atoms with Crippen LogP contribution in [0.5, 0.6) is 11.5 Å². The van der Waals surface area contributed by atoms with Gasteiger partial charge in [0, 0.05) is 17.0 Å². The number of ether oxygens (including phenoxy) is 2. The predicted octanol–water partition coefficient (Wildman–Crippen LogP) is 4.85. The topological polar surface area (TPSA) is 67.9 Å². The summed E-state index contributed by atoms with van der Waals surface area (Å²) in [5, 5.41) is 2.34. The Morgan fingerprint density at radius 3 is 2.53 bits per heavy atom.